The van der Waals surface area contributed by atoms with Crippen LogP contribution in [0.15, 0.2) is 12.3 Å². The van der Waals surface area contributed by atoms with E-state index in [0.29, 0.717) is 25.6 Å². The molecule has 1 aliphatic heterocycles. The van der Waals surface area contributed by atoms with Gasteiger partial charge < -0.3 is 9.47 Å². The van der Waals surface area contributed by atoms with Crippen molar-refractivity contribution >= 4 is 5.91 Å². The van der Waals surface area contributed by atoms with Crippen molar-refractivity contribution in [3.8, 4) is 0 Å². The summed E-state index contributed by atoms with van der Waals surface area (Å²) in [5.41, 5.74) is 1.58. The molecule has 0 saturated heterocycles. The molecule has 1 amide bonds. The zero-order valence-electron chi connectivity index (χ0n) is 13.3. The lowest BCUT2D eigenvalue weighted by atomic mass is 10.1. The number of hydrogen-bond acceptors (Lipinski definition) is 3. The summed E-state index contributed by atoms with van der Waals surface area (Å²) < 4.78 is 28.8. The molecule has 0 N–H and O–H groups in total. The van der Waals surface area contributed by atoms with Gasteiger partial charge in [-0.15, -0.1) is 0 Å². The second kappa shape index (κ2) is 5.72. The van der Waals surface area contributed by atoms with Crippen LogP contribution in [0.25, 0.3) is 0 Å². The van der Waals surface area contributed by atoms with Gasteiger partial charge in [0.1, 0.15) is 11.6 Å². The van der Waals surface area contributed by atoms with Gasteiger partial charge in [0.05, 0.1) is 18.4 Å². The summed E-state index contributed by atoms with van der Waals surface area (Å²) in [6.45, 7) is 4.90. The van der Waals surface area contributed by atoms with Crippen molar-refractivity contribution in [1.82, 2.24) is 19.4 Å². The van der Waals surface area contributed by atoms with Gasteiger partial charge >= 0.3 is 0 Å². The maximum absolute atomic E-state index is 13.8. The highest BCUT2D eigenvalue weighted by Crippen LogP contribution is 2.24. The van der Waals surface area contributed by atoms with Crippen LogP contribution in [-0.2, 0) is 20.0 Å². The summed E-state index contributed by atoms with van der Waals surface area (Å²) in [5, 5.41) is 0. The minimum atomic E-state index is -0.940. The Kier molecular flexibility index (Phi) is 3.87. The van der Waals surface area contributed by atoms with Crippen molar-refractivity contribution in [2.75, 3.05) is 6.54 Å². The molecule has 3 heterocycles. The number of amides is 1. The second-order valence-electron chi connectivity index (χ2n) is 6.04. The topological polar surface area (TPSA) is 51.0 Å². The Morgan fingerprint density at radius 2 is 2.09 bits per heavy atom. The molecular weight excluding hydrogens is 302 g/mol. The molecule has 0 radical (unpaired) electrons. The molecule has 0 atom stereocenters. The van der Waals surface area contributed by atoms with Crippen molar-refractivity contribution in [1.29, 1.82) is 0 Å². The molecule has 0 unspecified atom stereocenters. The molecule has 23 heavy (non-hydrogen) atoms. The van der Waals surface area contributed by atoms with Crippen LogP contribution in [0.1, 0.15) is 47.5 Å². The molecule has 0 aliphatic carbocycles. The zero-order chi connectivity index (χ0) is 16.7. The predicted octanol–water partition coefficient (Wildman–Crippen LogP) is 2.42. The lowest BCUT2D eigenvalue weighted by Crippen LogP contribution is -2.37. The average Bonchev–Trinajstić information content (AvgIpc) is 2.83. The lowest BCUT2D eigenvalue weighted by molar-refractivity contribution is 0.0719. The van der Waals surface area contributed by atoms with E-state index in [-0.39, 0.29) is 11.6 Å². The third-order valence-electron chi connectivity index (χ3n) is 4.10. The van der Waals surface area contributed by atoms with E-state index in [2.05, 4.69) is 28.4 Å². The van der Waals surface area contributed by atoms with Crippen LogP contribution in [-0.4, -0.2) is 31.9 Å². The third kappa shape index (κ3) is 2.71. The van der Waals surface area contributed by atoms with Crippen LogP contribution in [0.3, 0.4) is 0 Å². The molecule has 2 aromatic heterocycles. The number of pyridine rings is 1. The molecule has 5 nitrogen and oxygen atoms in total. The largest absolute Gasteiger partial charge is 0.334 e. The zero-order valence-corrected chi connectivity index (χ0v) is 13.3. The Hall–Kier alpha value is -2.31. The second-order valence-corrected chi connectivity index (χ2v) is 6.04. The first-order valence-electron chi connectivity index (χ1n) is 7.53. The molecule has 7 heteroatoms. The summed E-state index contributed by atoms with van der Waals surface area (Å²) in [7, 11) is 1.97. The van der Waals surface area contributed by atoms with E-state index in [9.17, 15) is 13.6 Å². The fourth-order valence-corrected chi connectivity index (χ4v) is 2.96. The summed E-state index contributed by atoms with van der Waals surface area (Å²) >= 11 is 0. The number of nitrogens with zero attached hydrogens (tertiary/aromatic N) is 4. The predicted molar refractivity (Wildman–Crippen MR) is 79.9 cm³/mol. The van der Waals surface area contributed by atoms with Crippen LogP contribution < -0.4 is 0 Å². The van der Waals surface area contributed by atoms with Gasteiger partial charge in [0.15, 0.2) is 11.5 Å². The van der Waals surface area contributed by atoms with Crippen molar-refractivity contribution < 1.29 is 13.6 Å². The molecule has 0 fully saturated rings. The third-order valence-corrected chi connectivity index (χ3v) is 4.10. The minimum absolute atomic E-state index is 0.283. The van der Waals surface area contributed by atoms with E-state index in [1.54, 1.807) is 0 Å². The van der Waals surface area contributed by atoms with Crippen molar-refractivity contribution in [2.45, 2.75) is 32.7 Å². The van der Waals surface area contributed by atoms with Gasteiger partial charge in [0.2, 0.25) is 0 Å². The first-order valence-corrected chi connectivity index (χ1v) is 7.53. The highest BCUT2D eigenvalue weighted by atomic mass is 19.1. The van der Waals surface area contributed by atoms with Gasteiger partial charge in [-0.1, -0.05) is 13.8 Å². The molecule has 0 bridgehead atoms. The Morgan fingerprint density at radius 1 is 1.35 bits per heavy atom. The summed E-state index contributed by atoms with van der Waals surface area (Å²) in [4.78, 5) is 22.1. The van der Waals surface area contributed by atoms with Gasteiger partial charge in [0, 0.05) is 37.7 Å². The molecule has 3 rings (SSSR count). The number of fused-ring (bicyclic) bond motifs is 1. The van der Waals surface area contributed by atoms with Crippen LogP contribution >= 0.6 is 0 Å². The van der Waals surface area contributed by atoms with E-state index in [1.165, 1.54) is 4.90 Å². The highest BCUT2D eigenvalue weighted by molar-refractivity contribution is 5.92. The number of carbonyl (C=O) groups excluding carboxylic acids is 1. The number of imidazole rings is 1. The quantitative estimate of drug-likeness (QED) is 0.854. The molecule has 1 aliphatic rings. The normalized spacial score (nSPS) is 14.3. The van der Waals surface area contributed by atoms with Gasteiger partial charge in [-0.25, -0.2) is 18.7 Å². The molecule has 0 spiro atoms. The van der Waals surface area contributed by atoms with Crippen LogP contribution in [0.2, 0.25) is 0 Å². The van der Waals surface area contributed by atoms with Crippen LogP contribution in [0.5, 0.6) is 0 Å². The van der Waals surface area contributed by atoms with Gasteiger partial charge in [-0.3, -0.25) is 4.79 Å². The summed E-state index contributed by atoms with van der Waals surface area (Å²) in [6.07, 6.45) is 1.50. The molecular formula is C16H18F2N4O. The van der Waals surface area contributed by atoms with E-state index in [1.807, 2.05) is 7.05 Å². The summed E-state index contributed by atoms with van der Waals surface area (Å²) in [6, 6.07) is 0.674. The molecule has 122 valence electrons. The first-order chi connectivity index (χ1) is 10.9. The Morgan fingerprint density at radius 3 is 2.74 bits per heavy atom. The van der Waals surface area contributed by atoms with E-state index < -0.39 is 17.5 Å². The van der Waals surface area contributed by atoms with E-state index in [0.717, 1.165) is 23.4 Å². The van der Waals surface area contributed by atoms with E-state index in [4.69, 9.17) is 0 Å². The van der Waals surface area contributed by atoms with Gasteiger partial charge in [-0.2, -0.15) is 0 Å². The Labute approximate surface area is 133 Å². The SMILES string of the molecule is CC(C)c1nc2c(n1C)CCN(C(=O)c1ncc(F)cc1F)C2. The number of halogens is 2. The Bertz CT molecular complexity index is 770. The van der Waals surface area contributed by atoms with Gasteiger partial charge in [0.25, 0.3) is 5.91 Å². The van der Waals surface area contributed by atoms with Crippen molar-refractivity contribution in [3.63, 3.8) is 0 Å². The lowest BCUT2D eigenvalue weighted by Gasteiger charge is -2.26. The fourth-order valence-electron chi connectivity index (χ4n) is 2.96. The number of carbonyl (C=O) groups is 1. The van der Waals surface area contributed by atoms with Crippen molar-refractivity contribution in [3.05, 3.63) is 46.8 Å². The summed E-state index contributed by atoms with van der Waals surface area (Å²) in [5.74, 6) is -1.03. The smallest absolute Gasteiger partial charge is 0.275 e. The first kappa shape index (κ1) is 15.6. The molecule has 0 saturated carbocycles. The number of aromatic nitrogens is 3. The monoisotopic (exact) mass is 320 g/mol. The Balaban J connectivity index is 1.87. The average molecular weight is 320 g/mol. The van der Waals surface area contributed by atoms with Crippen molar-refractivity contribution in [2.24, 2.45) is 7.05 Å². The number of hydrogen-bond donors (Lipinski definition) is 0. The van der Waals surface area contributed by atoms with E-state index >= 15 is 0 Å². The maximum atomic E-state index is 13.8. The maximum Gasteiger partial charge on any atom is 0.275 e. The minimum Gasteiger partial charge on any atom is -0.334 e. The molecule has 2 aromatic rings. The molecule has 0 aromatic carbocycles. The number of rotatable bonds is 2. The van der Waals surface area contributed by atoms with Crippen LogP contribution in [0, 0.1) is 11.6 Å². The standard InChI is InChI=1S/C16H18F2N4O/c1-9(2)15-20-12-8-22(5-4-13(12)21(15)3)16(23)14-11(18)6-10(17)7-19-14/h6-7,9H,4-5,8H2,1-3H3. The fraction of sp³-hybridized carbons (Fsp3) is 0.438. The van der Waals surface area contributed by atoms with Crippen LogP contribution in [0.4, 0.5) is 8.78 Å². The highest BCUT2D eigenvalue weighted by Gasteiger charge is 2.28. The van der Waals surface area contributed by atoms with Gasteiger partial charge in [-0.05, 0) is 0 Å².